The van der Waals surface area contributed by atoms with Gasteiger partial charge in [-0.3, -0.25) is 4.79 Å². The van der Waals surface area contributed by atoms with Crippen molar-refractivity contribution in [1.82, 2.24) is 4.90 Å². The molecule has 1 heterocycles. The third kappa shape index (κ3) is 1.14. The first-order chi connectivity index (χ1) is 4.54. The van der Waals surface area contributed by atoms with Gasteiger partial charge in [0.25, 0.3) is 0 Å². The van der Waals surface area contributed by atoms with E-state index >= 15 is 0 Å². The van der Waals surface area contributed by atoms with E-state index in [4.69, 9.17) is 4.74 Å². The maximum Gasteiger partial charge on any atom is 0.221 e. The van der Waals surface area contributed by atoms with E-state index in [-0.39, 0.29) is 11.6 Å². The van der Waals surface area contributed by atoms with E-state index in [1.165, 1.54) is 0 Å². The molecule has 0 aromatic rings. The molecule has 1 rings (SSSR count). The second kappa shape index (κ2) is 2.23. The smallest absolute Gasteiger partial charge is 0.221 e. The fourth-order valence-electron chi connectivity index (χ4n) is 1.27. The van der Waals surface area contributed by atoms with Crippen LogP contribution in [0.3, 0.4) is 0 Å². The van der Waals surface area contributed by atoms with Gasteiger partial charge in [0.1, 0.15) is 5.72 Å². The summed E-state index contributed by atoms with van der Waals surface area (Å²) in [6, 6.07) is 0. The monoisotopic (exact) mass is 143 g/mol. The van der Waals surface area contributed by atoms with Crippen LogP contribution in [0.1, 0.15) is 20.8 Å². The van der Waals surface area contributed by atoms with Gasteiger partial charge in [0, 0.05) is 13.5 Å². The normalized spacial score (nSPS) is 23.3. The SMILES string of the molecule is CC(=O)N1CCOC1(C)C. The van der Waals surface area contributed by atoms with Crippen molar-refractivity contribution >= 4 is 5.91 Å². The molecule has 3 heteroatoms. The fourth-order valence-corrected chi connectivity index (χ4v) is 1.27. The third-order valence-corrected chi connectivity index (χ3v) is 1.80. The van der Waals surface area contributed by atoms with Crippen LogP contribution in [-0.4, -0.2) is 29.7 Å². The van der Waals surface area contributed by atoms with Crippen LogP contribution in [-0.2, 0) is 9.53 Å². The molecule has 0 saturated carbocycles. The number of carbonyl (C=O) groups is 1. The van der Waals surface area contributed by atoms with Gasteiger partial charge in [-0.15, -0.1) is 0 Å². The van der Waals surface area contributed by atoms with Crippen molar-refractivity contribution in [2.45, 2.75) is 26.5 Å². The predicted octanol–water partition coefficient (Wildman–Crippen LogP) is 0.601. The van der Waals surface area contributed by atoms with Crippen molar-refractivity contribution in [3.05, 3.63) is 0 Å². The Morgan fingerprint density at radius 1 is 1.60 bits per heavy atom. The molecular weight excluding hydrogens is 130 g/mol. The Hall–Kier alpha value is -0.570. The Kier molecular flexibility index (Phi) is 1.68. The summed E-state index contributed by atoms with van der Waals surface area (Å²) in [5.41, 5.74) is -0.383. The number of carbonyl (C=O) groups excluding carboxylic acids is 1. The highest BCUT2D eigenvalue weighted by Crippen LogP contribution is 2.21. The van der Waals surface area contributed by atoms with Crippen LogP contribution >= 0.6 is 0 Å². The highest BCUT2D eigenvalue weighted by atomic mass is 16.5. The first-order valence-corrected chi connectivity index (χ1v) is 3.46. The van der Waals surface area contributed by atoms with Crippen LogP contribution < -0.4 is 0 Å². The zero-order valence-electron chi connectivity index (χ0n) is 6.68. The topological polar surface area (TPSA) is 29.5 Å². The van der Waals surface area contributed by atoms with Crippen LogP contribution in [0.25, 0.3) is 0 Å². The van der Waals surface area contributed by atoms with E-state index in [0.717, 1.165) is 6.54 Å². The van der Waals surface area contributed by atoms with Gasteiger partial charge in [-0.1, -0.05) is 0 Å². The zero-order chi connectivity index (χ0) is 7.78. The number of nitrogens with zero attached hydrogens (tertiary/aromatic N) is 1. The second-order valence-electron chi connectivity index (χ2n) is 2.97. The number of hydrogen-bond acceptors (Lipinski definition) is 2. The third-order valence-electron chi connectivity index (χ3n) is 1.80. The highest BCUT2D eigenvalue weighted by Gasteiger charge is 2.34. The van der Waals surface area contributed by atoms with Gasteiger partial charge in [-0.05, 0) is 13.8 Å². The first kappa shape index (κ1) is 7.54. The van der Waals surface area contributed by atoms with Gasteiger partial charge in [0.15, 0.2) is 0 Å². The molecular formula is C7H13NO2. The van der Waals surface area contributed by atoms with Crippen LogP contribution in [0.5, 0.6) is 0 Å². The average Bonchev–Trinajstić information content (AvgIpc) is 2.08. The molecule has 0 N–H and O–H groups in total. The fraction of sp³-hybridized carbons (Fsp3) is 0.857. The quantitative estimate of drug-likeness (QED) is 0.497. The molecule has 0 spiro atoms. The van der Waals surface area contributed by atoms with Crippen LogP contribution in [0, 0.1) is 0 Å². The van der Waals surface area contributed by atoms with E-state index in [1.54, 1.807) is 11.8 Å². The summed E-state index contributed by atoms with van der Waals surface area (Å²) in [4.78, 5) is 12.6. The summed E-state index contributed by atoms with van der Waals surface area (Å²) in [7, 11) is 0. The predicted molar refractivity (Wildman–Crippen MR) is 37.4 cm³/mol. The van der Waals surface area contributed by atoms with Gasteiger partial charge in [-0.2, -0.15) is 0 Å². The second-order valence-corrected chi connectivity index (χ2v) is 2.97. The molecule has 0 aromatic carbocycles. The number of amides is 1. The van der Waals surface area contributed by atoms with Crippen molar-refractivity contribution in [2.24, 2.45) is 0 Å². The van der Waals surface area contributed by atoms with Crippen molar-refractivity contribution < 1.29 is 9.53 Å². The Labute approximate surface area is 61.0 Å². The zero-order valence-corrected chi connectivity index (χ0v) is 6.68. The molecule has 1 saturated heterocycles. The Morgan fingerprint density at radius 2 is 2.20 bits per heavy atom. The Balaban J connectivity index is 2.68. The summed E-state index contributed by atoms with van der Waals surface area (Å²) in [5, 5.41) is 0. The molecule has 0 radical (unpaired) electrons. The molecule has 3 nitrogen and oxygen atoms in total. The summed E-state index contributed by atoms with van der Waals surface area (Å²) in [6.07, 6.45) is 0. The van der Waals surface area contributed by atoms with Crippen LogP contribution in [0.2, 0.25) is 0 Å². The lowest BCUT2D eigenvalue weighted by atomic mass is 10.3. The van der Waals surface area contributed by atoms with E-state index in [0.29, 0.717) is 6.61 Å². The lowest BCUT2D eigenvalue weighted by Gasteiger charge is -2.28. The van der Waals surface area contributed by atoms with Gasteiger partial charge in [0.2, 0.25) is 5.91 Å². The summed E-state index contributed by atoms with van der Waals surface area (Å²) in [5.74, 6) is 0.0856. The van der Waals surface area contributed by atoms with E-state index in [9.17, 15) is 4.79 Å². The minimum Gasteiger partial charge on any atom is -0.354 e. The number of hydrogen-bond donors (Lipinski definition) is 0. The minimum atomic E-state index is -0.383. The molecule has 0 aliphatic carbocycles. The Morgan fingerprint density at radius 3 is 2.40 bits per heavy atom. The van der Waals surface area contributed by atoms with Gasteiger partial charge >= 0.3 is 0 Å². The molecule has 10 heavy (non-hydrogen) atoms. The lowest BCUT2D eigenvalue weighted by Crippen LogP contribution is -2.42. The standard InChI is InChI=1S/C7H13NO2/c1-6(9)8-4-5-10-7(8,2)3/h4-5H2,1-3H3. The molecule has 0 atom stereocenters. The van der Waals surface area contributed by atoms with Gasteiger partial charge < -0.3 is 9.64 Å². The van der Waals surface area contributed by atoms with Crippen molar-refractivity contribution in [1.29, 1.82) is 0 Å². The molecule has 0 bridgehead atoms. The molecule has 1 aliphatic rings. The summed E-state index contributed by atoms with van der Waals surface area (Å²) in [6.45, 7) is 6.76. The van der Waals surface area contributed by atoms with Crippen molar-refractivity contribution in [2.75, 3.05) is 13.2 Å². The molecule has 0 aromatic heterocycles. The van der Waals surface area contributed by atoms with E-state index in [2.05, 4.69) is 0 Å². The summed E-state index contributed by atoms with van der Waals surface area (Å²) >= 11 is 0. The van der Waals surface area contributed by atoms with Crippen LogP contribution in [0.4, 0.5) is 0 Å². The first-order valence-electron chi connectivity index (χ1n) is 3.46. The maximum absolute atomic E-state index is 10.9. The van der Waals surface area contributed by atoms with Crippen molar-refractivity contribution in [3.8, 4) is 0 Å². The van der Waals surface area contributed by atoms with E-state index in [1.807, 2.05) is 13.8 Å². The molecule has 58 valence electrons. The van der Waals surface area contributed by atoms with Gasteiger partial charge in [-0.25, -0.2) is 0 Å². The number of rotatable bonds is 0. The van der Waals surface area contributed by atoms with E-state index < -0.39 is 0 Å². The minimum absolute atomic E-state index is 0.0856. The maximum atomic E-state index is 10.9. The lowest BCUT2D eigenvalue weighted by molar-refractivity contribution is -0.141. The van der Waals surface area contributed by atoms with Gasteiger partial charge in [0.05, 0.1) is 6.61 Å². The van der Waals surface area contributed by atoms with Crippen molar-refractivity contribution in [3.63, 3.8) is 0 Å². The molecule has 1 aliphatic heterocycles. The van der Waals surface area contributed by atoms with Crippen LogP contribution in [0.15, 0.2) is 0 Å². The average molecular weight is 143 g/mol. The molecule has 0 unspecified atom stereocenters. The largest absolute Gasteiger partial charge is 0.354 e. The highest BCUT2D eigenvalue weighted by molar-refractivity contribution is 5.74. The number of ether oxygens (including phenoxy) is 1. The Bertz CT molecular complexity index is 154. The molecule has 1 fully saturated rings. The molecule has 1 amide bonds. The summed E-state index contributed by atoms with van der Waals surface area (Å²) < 4.78 is 5.32.